The van der Waals surface area contributed by atoms with E-state index in [-0.39, 0.29) is 0 Å². The summed E-state index contributed by atoms with van der Waals surface area (Å²) in [5, 5.41) is 4.14. The molecule has 1 aromatic carbocycles. The van der Waals surface area contributed by atoms with Gasteiger partial charge in [0.15, 0.2) is 0 Å². The van der Waals surface area contributed by atoms with Crippen molar-refractivity contribution in [1.29, 1.82) is 0 Å². The number of piperazine rings is 1. The minimum atomic E-state index is 0.714. The Morgan fingerprint density at radius 2 is 1.74 bits per heavy atom. The van der Waals surface area contributed by atoms with Crippen molar-refractivity contribution in [3.8, 4) is 11.1 Å². The maximum absolute atomic E-state index is 6.11. The molecule has 0 aliphatic carbocycles. The SMILES string of the molecule is Cc1noc(C)c1-c1cc(N)ccc1N1CCC(N2CCN(C)CC2)CC1. The van der Waals surface area contributed by atoms with Gasteiger partial charge >= 0.3 is 0 Å². The molecule has 0 spiro atoms. The van der Waals surface area contributed by atoms with Crippen molar-refractivity contribution in [2.45, 2.75) is 32.7 Å². The highest BCUT2D eigenvalue weighted by molar-refractivity contribution is 5.83. The average molecular weight is 370 g/mol. The van der Waals surface area contributed by atoms with Gasteiger partial charge in [0.1, 0.15) is 5.76 Å². The maximum Gasteiger partial charge on any atom is 0.141 e. The molecule has 2 aliphatic rings. The monoisotopic (exact) mass is 369 g/mol. The normalized spacial score (nSPS) is 20.3. The smallest absolute Gasteiger partial charge is 0.141 e. The van der Waals surface area contributed by atoms with E-state index in [9.17, 15) is 0 Å². The van der Waals surface area contributed by atoms with Crippen LogP contribution in [0, 0.1) is 13.8 Å². The predicted molar refractivity (Wildman–Crippen MR) is 110 cm³/mol. The van der Waals surface area contributed by atoms with E-state index in [0.717, 1.165) is 41.4 Å². The number of hydrogen-bond acceptors (Lipinski definition) is 6. The molecule has 4 rings (SSSR count). The number of anilines is 2. The van der Waals surface area contributed by atoms with Crippen molar-refractivity contribution in [2.75, 3.05) is 56.9 Å². The van der Waals surface area contributed by atoms with Gasteiger partial charge in [-0.3, -0.25) is 4.90 Å². The molecule has 6 nitrogen and oxygen atoms in total. The summed E-state index contributed by atoms with van der Waals surface area (Å²) in [7, 11) is 2.22. The van der Waals surface area contributed by atoms with E-state index < -0.39 is 0 Å². The van der Waals surface area contributed by atoms with Gasteiger partial charge in [-0.05, 0) is 51.9 Å². The molecule has 1 aromatic heterocycles. The van der Waals surface area contributed by atoms with Crippen molar-refractivity contribution in [1.82, 2.24) is 15.0 Å². The van der Waals surface area contributed by atoms with E-state index in [1.807, 2.05) is 19.9 Å². The van der Waals surface area contributed by atoms with Crippen LogP contribution in [0.3, 0.4) is 0 Å². The molecular weight excluding hydrogens is 338 g/mol. The molecule has 2 fully saturated rings. The first-order valence-corrected chi connectivity index (χ1v) is 10.0. The first kappa shape index (κ1) is 18.3. The van der Waals surface area contributed by atoms with E-state index in [1.165, 1.54) is 44.7 Å². The van der Waals surface area contributed by atoms with Crippen LogP contribution in [0.4, 0.5) is 11.4 Å². The van der Waals surface area contributed by atoms with Gasteiger partial charge in [-0.2, -0.15) is 0 Å². The fourth-order valence-electron chi connectivity index (χ4n) is 4.56. The summed E-state index contributed by atoms with van der Waals surface area (Å²) in [6, 6.07) is 6.94. The van der Waals surface area contributed by atoms with E-state index >= 15 is 0 Å². The van der Waals surface area contributed by atoms with Gasteiger partial charge in [-0.25, -0.2) is 0 Å². The van der Waals surface area contributed by atoms with Crippen molar-refractivity contribution in [3.63, 3.8) is 0 Å². The average Bonchev–Trinajstić information content (AvgIpc) is 3.01. The second-order valence-corrected chi connectivity index (χ2v) is 8.03. The Morgan fingerprint density at radius 3 is 2.37 bits per heavy atom. The summed E-state index contributed by atoms with van der Waals surface area (Å²) >= 11 is 0. The van der Waals surface area contributed by atoms with Crippen molar-refractivity contribution in [2.24, 2.45) is 0 Å². The van der Waals surface area contributed by atoms with Gasteiger partial charge in [0, 0.05) is 67.8 Å². The second-order valence-electron chi connectivity index (χ2n) is 8.03. The van der Waals surface area contributed by atoms with Gasteiger partial charge in [0.25, 0.3) is 0 Å². The quantitative estimate of drug-likeness (QED) is 0.840. The van der Waals surface area contributed by atoms with Crippen molar-refractivity contribution >= 4 is 11.4 Å². The lowest BCUT2D eigenvalue weighted by atomic mass is 9.97. The highest BCUT2D eigenvalue weighted by Crippen LogP contribution is 2.37. The molecule has 0 amide bonds. The Kier molecular flexibility index (Phi) is 5.10. The molecule has 0 radical (unpaired) electrons. The molecule has 0 bridgehead atoms. The minimum absolute atomic E-state index is 0.714. The molecule has 2 aromatic rings. The van der Waals surface area contributed by atoms with Crippen molar-refractivity contribution < 1.29 is 4.52 Å². The lowest BCUT2D eigenvalue weighted by Gasteiger charge is -2.43. The van der Waals surface area contributed by atoms with Gasteiger partial charge in [0.05, 0.1) is 5.69 Å². The highest BCUT2D eigenvalue weighted by atomic mass is 16.5. The maximum atomic E-state index is 6.11. The Hall–Kier alpha value is -2.05. The largest absolute Gasteiger partial charge is 0.399 e. The molecule has 146 valence electrons. The van der Waals surface area contributed by atoms with Crippen LogP contribution in [0.2, 0.25) is 0 Å². The zero-order valence-electron chi connectivity index (χ0n) is 16.7. The topological polar surface area (TPSA) is 61.8 Å². The zero-order valence-corrected chi connectivity index (χ0v) is 16.7. The summed E-state index contributed by atoms with van der Waals surface area (Å²) in [5.41, 5.74) is 11.3. The third kappa shape index (κ3) is 3.69. The standard InChI is InChI=1S/C21H31N5O/c1-15-21(16(2)27-23-15)19-14-17(22)4-5-20(19)26-8-6-18(7-9-26)25-12-10-24(3)11-13-25/h4-5,14,18H,6-13,22H2,1-3H3. The minimum Gasteiger partial charge on any atom is -0.399 e. The van der Waals surface area contributed by atoms with Crippen LogP contribution in [0.5, 0.6) is 0 Å². The summed E-state index contributed by atoms with van der Waals surface area (Å²) < 4.78 is 5.42. The summed E-state index contributed by atoms with van der Waals surface area (Å²) in [6.45, 7) is 10.9. The number of likely N-dealkylation sites (N-methyl/N-ethyl adjacent to an activating group) is 1. The van der Waals surface area contributed by atoms with Crippen molar-refractivity contribution in [3.05, 3.63) is 29.7 Å². The molecular formula is C21H31N5O. The molecule has 2 N–H and O–H groups in total. The first-order valence-electron chi connectivity index (χ1n) is 10.0. The third-order valence-electron chi connectivity index (χ3n) is 6.18. The number of piperidine rings is 1. The van der Waals surface area contributed by atoms with Crippen LogP contribution in [0.15, 0.2) is 22.7 Å². The van der Waals surface area contributed by atoms with Crippen LogP contribution >= 0.6 is 0 Å². The van der Waals surface area contributed by atoms with E-state index in [4.69, 9.17) is 10.3 Å². The lowest BCUT2D eigenvalue weighted by Crippen LogP contribution is -2.52. The zero-order chi connectivity index (χ0) is 19.0. The number of nitrogens with two attached hydrogens (primary N) is 1. The molecule has 0 saturated carbocycles. The number of nitrogens with zero attached hydrogens (tertiary/aromatic N) is 4. The van der Waals surface area contributed by atoms with Gasteiger partial charge in [-0.1, -0.05) is 5.16 Å². The molecule has 6 heteroatoms. The fourth-order valence-corrected chi connectivity index (χ4v) is 4.56. The van der Waals surface area contributed by atoms with E-state index in [1.54, 1.807) is 0 Å². The van der Waals surface area contributed by atoms with Crippen LogP contribution in [-0.2, 0) is 0 Å². The molecule has 3 heterocycles. The number of benzene rings is 1. The molecule has 27 heavy (non-hydrogen) atoms. The second kappa shape index (κ2) is 7.52. The van der Waals surface area contributed by atoms with Crippen LogP contribution < -0.4 is 10.6 Å². The third-order valence-corrected chi connectivity index (χ3v) is 6.18. The molecule has 2 saturated heterocycles. The highest BCUT2D eigenvalue weighted by Gasteiger charge is 2.28. The number of rotatable bonds is 3. The van der Waals surface area contributed by atoms with E-state index in [0.29, 0.717) is 6.04 Å². The lowest BCUT2D eigenvalue weighted by molar-refractivity contribution is 0.0982. The van der Waals surface area contributed by atoms with E-state index in [2.05, 4.69) is 39.0 Å². The van der Waals surface area contributed by atoms with Gasteiger partial charge in [0.2, 0.25) is 0 Å². The Bertz CT molecular complexity index is 766. The predicted octanol–water partition coefficient (Wildman–Crippen LogP) is 2.76. The first-order chi connectivity index (χ1) is 13.0. The number of aryl methyl sites for hydroxylation is 2. The summed E-state index contributed by atoms with van der Waals surface area (Å²) in [4.78, 5) is 7.62. The Labute approximate surface area is 161 Å². The number of aromatic nitrogens is 1. The summed E-state index contributed by atoms with van der Waals surface area (Å²) in [6.07, 6.45) is 2.43. The van der Waals surface area contributed by atoms with Gasteiger partial charge in [-0.15, -0.1) is 0 Å². The van der Waals surface area contributed by atoms with Crippen LogP contribution in [0.25, 0.3) is 11.1 Å². The summed E-state index contributed by atoms with van der Waals surface area (Å²) in [5.74, 6) is 0.853. The number of hydrogen-bond donors (Lipinski definition) is 1. The van der Waals surface area contributed by atoms with Crippen LogP contribution in [-0.4, -0.2) is 67.3 Å². The number of nitrogen functional groups attached to an aromatic ring is 1. The molecule has 0 atom stereocenters. The Morgan fingerprint density at radius 1 is 1.04 bits per heavy atom. The van der Waals surface area contributed by atoms with Crippen LogP contribution in [0.1, 0.15) is 24.3 Å². The molecule has 2 aliphatic heterocycles. The van der Waals surface area contributed by atoms with Gasteiger partial charge < -0.3 is 20.1 Å². The Balaban J connectivity index is 1.52. The molecule has 0 unspecified atom stereocenters. The fraction of sp³-hybridized carbons (Fsp3) is 0.571.